The van der Waals surface area contributed by atoms with E-state index < -0.39 is 0 Å². The van der Waals surface area contributed by atoms with Crippen molar-refractivity contribution in [1.29, 1.82) is 0 Å². The lowest BCUT2D eigenvalue weighted by atomic mass is 9.94. The first-order chi connectivity index (χ1) is 15.5. The number of thiocarbonyl (C=S) groups is 1. The number of hydrogen-bond acceptors (Lipinski definition) is 3. The number of nitrogens with zero attached hydrogens (tertiary/aromatic N) is 3. The second-order valence-electron chi connectivity index (χ2n) is 9.00. The Bertz CT molecular complexity index is 1100. The molecule has 0 unspecified atom stereocenters. The van der Waals surface area contributed by atoms with Gasteiger partial charge in [-0.1, -0.05) is 25.3 Å². The summed E-state index contributed by atoms with van der Waals surface area (Å²) in [6.45, 7) is 4.48. The van der Waals surface area contributed by atoms with Gasteiger partial charge in [-0.15, -0.1) is 0 Å². The van der Waals surface area contributed by atoms with Crippen molar-refractivity contribution in [1.82, 2.24) is 14.9 Å². The Morgan fingerprint density at radius 1 is 1.03 bits per heavy atom. The second-order valence-corrected chi connectivity index (χ2v) is 9.39. The molecule has 1 aliphatic heterocycles. The minimum atomic E-state index is -0.0576. The van der Waals surface area contributed by atoms with Crippen molar-refractivity contribution in [2.45, 2.75) is 64.1 Å². The molecule has 166 valence electrons. The molecule has 2 atom stereocenters. The van der Waals surface area contributed by atoms with Crippen LogP contribution < -0.4 is 10.2 Å². The van der Waals surface area contributed by atoms with E-state index in [0.29, 0.717) is 11.2 Å². The first kappa shape index (κ1) is 21.0. The van der Waals surface area contributed by atoms with Gasteiger partial charge in [-0.2, -0.15) is 0 Å². The molecule has 6 heteroatoms. The van der Waals surface area contributed by atoms with Crippen molar-refractivity contribution in [3.8, 4) is 5.75 Å². The van der Waals surface area contributed by atoms with E-state index in [1.807, 2.05) is 30.5 Å². The Balaban J connectivity index is 1.62. The van der Waals surface area contributed by atoms with Crippen LogP contribution >= 0.6 is 12.2 Å². The maximum Gasteiger partial charge on any atom is 0.174 e. The molecule has 1 aliphatic carbocycles. The van der Waals surface area contributed by atoms with Crippen molar-refractivity contribution < 1.29 is 5.11 Å². The minimum absolute atomic E-state index is 0.0227. The first-order valence-electron chi connectivity index (χ1n) is 11.5. The summed E-state index contributed by atoms with van der Waals surface area (Å²) < 4.78 is 2.56. The highest BCUT2D eigenvalue weighted by Gasteiger charge is 2.42. The molecule has 2 fully saturated rings. The number of benzene rings is 1. The van der Waals surface area contributed by atoms with Crippen LogP contribution in [0, 0.1) is 13.8 Å². The van der Waals surface area contributed by atoms with Gasteiger partial charge in [-0.25, -0.2) is 0 Å². The van der Waals surface area contributed by atoms with Crippen LogP contribution in [0.15, 0.2) is 54.7 Å². The molecule has 5 nitrogen and oxygen atoms in total. The number of phenols is 1. The lowest BCUT2D eigenvalue weighted by molar-refractivity contribution is 0.345. The summed E-state index contributed by atoms with van der Waals surface area (Å²) in [5.74, 6) is 0.250. The largest absolute Gasteiger partial charge is 0.508 e. The summed E-state index contributed by atoms with van der Waals surface area (Å²) in [6.07, 6.45) is 8.31. The van der Waals surface area contributed by atoms with Crippen LogP contribution in [0.1, 0.15) is 72.9 Å². The average Bonchev–Trinajstić information content (AvgIpc) is 3.31. The van der Waals surface area contributed by atoms with Gasteiger partial charge < -0.3 is 19.9 Å². The highest BCUT2D eigenvalue weighted by atomic mass is 32.1. The Morgan fingerprint density at radius 3 is 2.47 bits per heavy atom. The Labute approximate surface area is 195 Å². The molecule has 0 radical (unpaired) electrons. The third-order valence-electron chi connectivity index (χ3n) is 7.01. The van der Waals surface area contributed by atoms with E-state index in [1.54, 1.807) is 12.1 Å². The summed E-state index contributed by atoms with van der Waals surface area (Å²) >= 11 is 5.84. The van der Waals surface area contributed by atoms with E-state index in [0.717, 1.165) is 11.4 Å². The molecule has 5 rings (SSSR count). The van der Waals surface area contributed by atoms with Gasteiger partial charge in [-0.05, 0) is 86.9 Å². The molecule has 2 N–H and O–H groups in total. The second kappa shape index (κ2) is 8.58. The number of pyridine rings is 1. The molecular weight excluding hydrogens is 416 g/mol. The smallest absolute Gasteiger partial charge is 0.174 e. The maximum absolute atomic E-state index is 9.83. The summed E-state index contributed by atoms with van der Waals surface area (Å²) in [4.78, 5) is 6.85. The molecule has 0 amide bonds. The molecule has 32 heavy (non-hydrogen) atoms. The predicted molar refractivity (Wildman–Crippen MR) is 132 cm³/mol. The molecule has 1 aromatic carbocycles. The third kappa shape index (κ3) is 3.66. The zero-order chi connectivity index (χ0) is 22.2. The quantitative estimate of drug-likeness (QED) is 0.490. The van der Waals surface area contributed by atoms with Crippen molar-refractivity contribution in [3.63, 3.8) is 0 Å². The molecule has 0 spiro atoms. The third-order valence-corrected chi connectivity index (χ3v) is 7.32. The van der Waals surface area contributed by atoms with Crippen molar-refractivity contribution in [2.75, 3.05) is 4.90 Å². The van der Waals surface area contributed by atoms with Crippen LogP contribution in [0.25, 0.3) is 0 Å². The van der Waals surface area contributed by atoms with E-state index in [4.69, 9.17) is 12.2 Å². The van der Waals surface area contributed by atoms with Gasteiger partial charge in [-0.3, -0.25) is 4.98 Å². The van der Waals surface area contributed by atoms with Gasteiger partial charge >= 0.3 is 0 Å². The monoisotopic (exact) mass is 446 g/mol. The van der Waals surface area contributed by atoms with E-state index in [-0.39, 0.29) is 17.8 Å². The summed E-state index contributed by atoms with van der Waals surface area (Å²) in [5, 5.41) is 14.0. The summed E-state index contributed by atoms with van der Waals surface area (Å²) in [6, 6.07) is 16.2. The van der Waals surface area contributed by atoms with Gasteiger partial charge in [0.1, 0.15) is 5.75 Å². The lowest BCUT2D eigenvalue weighted by Crippen LogP contribution is -2.29. The van der Waals surface area contributed by atoms with Crippen LogP contribution in [-0.4, -0.2) is 19.8 Å². The molecule has 3 heterocycles. The van der Waals surface area contributed by atoms with E-state index in [2.05, 4.69) is 45.7 Å². The Morgan fingerprint density at radius 2 is 1.78 bits per heavy atom. The van der Waals surface area contributed by atoms with Gasteiger partial charge in [0.15, 0.2) is 5.11 Å². The molecule has 2 aromatic heterocycles. The van der Waals surface area contributed by atoms with Gasteiger partial charge in [0.2, 0.25) is 0 Å². The average molecular weight is 447 g/mol. The Hall–Kier alpha value is -2.86. The molecule has 0 bridgehead atoms. The van der Waals surface area contributed by atoms with Gasteiger partial charge in [0, 0.05) is 29.3 Å². The zero-order valence-electron chi connectivity index (χ0n) is 18.7. The fourth-order valence-corrected chi connectivity index (χ4v) is 5.91. The number of aromatic hydroxyl groups is 1. The zero-order valence-corrected chi connectivity index (χ0v) is 19.5. The van der Waals surface area contributed by atoms with Crippen LogP contribution in [0.4, 0.5) is 5.69 Å². The normalized spacial score (nSPS) is 21.7. The van der Waals surface area contributed by atoms with Crippen molar-refractivity contribution in [3.05, 3.63) is 77.4 Å². The van der Waals surface area contributed by atoms with Crippen LogP contribution in [0.2, 0.25) is 0 Å². The summed E-state index contributed by atoms with van der Waals surface area (Å²) in [7, 11) is 0. The number of aryl methyl sites for hydroxylation is 1. The number of phenolic OH excluding ortho intramolecular Hbond substituents is 1. The Kier molecular flexibility index (Phi) is 5.64. The maximum atomic E-state index is 9.83. The van der Waals surface area contributed by atoms with Gasteiger partial charge in [0.25, 0.3) is 0 Å². The predicted octanol–water partition coefficient (Wildman–Crippen LogP) is 5.89. The number of nitrogens with one attached hydrogen (secondary N) is 1. The first-order valence-corrected chi connectivity index (χ1v) is 11.9. The fraction of sp³-hybridized carbons (Fsp3) is 0.385. The highest BCUT2D eigenvalue weighted by Crippen LogP contribution is 2.44. The van der Waals surface area contributed by atoms with E-state index in [9.17, 15) is 5.11 Å². The fourth-order valence-electron chi connectivity index (χ4n) is 5.57. The standard InChI is InChI=1S/C26H30N4OS/c1-17-16-22(18(2)29(17)19-8-4-3-5-9-19)25-24(23-10-6-7-15-27-23)28-26(32)30(25)20-11-13-21(31)14-12-20/h6-7,10-16,19,24-25,31H,3-5,8-9H2,1-2H3,(H,28,32)/t24-,25-/m0/s1. The number of hydrogen-bond donors (Lipinski definition) is 2. The number of rotatable bonds is 4. The van der Waals surface area contributed by atoms with Crippen LogP contribution in [0.5, 0.6) is 5.75 Å². The van der Waals surface area contributed by atoms with Crippen LogP contribution in [-0.2, 0) is 0 Å². The van der Waals surface area contributed by atoms with Crippen molar-refractivity contribution in [2.24, 2.45) is 0 Å². The van der Waals surface area contributed by atoms with Crippen LogP contribution in [0.3, 0.4) is 0 Å². The lowest BCUT2D eigenvalue weighted by Gasteiger charge is -2.30. The number of aromatic nitrogens is 2. The SMILES string of the molecule is Cc1cc([C@H]2[C@H](c3ccccn3)NC(=S)N2c2ccc(O)cc2)c(C)n1C1CCCCC1. The minimum Gasteiger partial charge on any atom is -0.508 e. The van der Waals surface area contributed by atoms with E-state index >= 15 is 0 Å². The molecule has 1 saturated heterocycles. The molecule has 3 aromatic rings. The molecular formula is C26H30N4OS. The molecule has 1 saturated carbocycles. The molecule has 2 aliphatic rings. The topological polar surface area (TPSA) is 53.3 Å². The summed E-state index contributed by atoms with van der Waals surface area (Å²) in [5.41, 5.74) is 5.85. The van der Waals surface area contributed by atoms with E-state index in [1.165, 1.54) is 49.1 Å². The number of anilines is 1. The van der Waals surface area contributed by atoms with Crippen molar-refractivity contribution >= 4 is 23.0 Å². The highest BCUT2D eigenvalue weighted by molar-refractivity contribution is 7.80. The van der Waals surface area contributed by atoms with Gasteiger partial charge in [0.05, 0.1) is 17.8 Å².